The highest BCUT2D eigenvalue weighted by molar-refractivity contribution is 14.1. The number of rotatable bonds is 1. The molecular formula is C8H3BrClIN2O. The lowest BCUT2D eigenvalue weighted by molar-refractivity contribution is 0.551. The molecule has 0 amide bonds. The van der Waals surface area contributed by atoms with Crippen molar-refractivity contribution in [3.05, 3.63) is 31.7 Å². The van der Waals surface area contributed by atoms with Crippen LogP contribution < -0.4 is 0 Å². The molecule has 0 N–H and O–H groups in total. The first-order chi connectivity index (χ1) is 6.66. The van der Waals surface area contributed by atoms with Crippen LogP contribution in [-0.2, 0) is 0 Å². The second kappa shape index (κ2) is 4.16. The molecule has 2 heterocycles. The fraction of sp³-hybridized carbons (Fsp3) is 0. The number of nitrogens with zero attached hydrogens (tertiary/aromatic N) is 2. The quantitative estimate of drug-likeness (QED) is 0.554. The van der Waals surface area contributed by atoms with E-state index in [2.05, 4.69) is 48.5 Å². The van der Waals surface area contributed by atoms with Crippen LogP contribution in [0, 0.1) is 3.57 Å². The molecule has 0 unspecified atom stereocenters. The lowest BCUT2D eigenvalue weighted by Gasteiger charge is -1.97. The average molecular weight is 385 g/mol. The van der Waals surface area contributed by atoms with Gasteiger partial charge in [-0.1, -0.05) is 11.6 Å². The SMILES string of the molecule is Clc1nc(-c2ccc(Br)o2)ncc1I. The standard InChI is InChI=1S/C8H3BrClIN2O/c9-6-2-1-5(14-6)8-12-3-4(11)7(10)13-8/h1-3H. The van der Waals surface area contributed by atoms with E-state index in [9.17, 15) is 0 Å². The van der Waals surface area contributed by atoms with E-state index >= 15 is 0 Å². The van der Waals surface area contributed by atoms with Crippen LogP contribution in [0.5, 0.6) is 0 Å². The summed E-state index contributed by atoms with van der Waals surface area (Å²) in [5.41, 5.74) is 0. The van der Waals surface area contributed by atoms with Gasteiger partial charge in [-0.2, -0.15) is 0 Å². The molecule has 0 aliphatic heterocycles. The molecule has 0 spiro atoms. The van der Waals surface area contributed by atoms with Crippen molar-refractivity contribution >= 4 is 50.1 Å². The number of hydrogen-bond donors (Lipinski definition) is 0. The summed E-state index contributed by atoms with van der Waals surface area (Å²) in [6, 6.07) is 3.56. The number of aromatic nitrogens is 2. The molecule has 0 aliphatic rings. The monoisotopic (exact) mass is 384 g/mol. The van der Waals surface area contributed by atoms with Crippen LogP contribution in [0.3, 0.4) is 0 Å². The predicted octanol–water partition coefficient (Wildman–Crippen LogP) is 3.76. The van der Waals surface area contributed by atoms with Crippen molar-refractivity contribution in [3.63, 3.8) is 0 Å². The summed E-state index contributed by atoms with van der Waals surface area (Å²) < 4.78 is 6.76. The van der Waals surface area contributed by atoms with E-state index in [-0.39, 0.29) is 0 Å². The number of halogens is 3. The second-order valence-electron chi connectivity index (χ2n) is 2.44. The maximum absolute atomic E-state index is 5.86. The van der Waals surface area contributed by atoms with E-state index in [1.165, 1.54) is 0 Å². The summed E-state index contributed by atoms with van der Waals surface area (Å²) in [4.78, 5) is 8.19. The highest BCUT2D eigenvalue weighted by Gasteiger charge is 2.08. The predicted molar refractivity (Wildman–Crippen MR) is 65.2 cm³/mol. The summed E-state index contributed by atoms with van der Waals surface area (Å²) in [7, 11) is 0. The second-order valence-corrected chi connectivity index (χ2v) is 4.74. The maximum Gasteiger partial charge on any atom is 0.197 e. The normalized spacial score (nSPS) is 10.5. The van der Waals surface area contributed by atoms with Crippen molar-refractivity contribution in [3.8, 4) is 11.6 Å². The summed E-state index contributed by atoms with van der Waals surface area (Å²) in [5, 5.41) is 0.433. The first-order valence-corrected chi connectivity index (χ1v) is 5.85. The minimum absolute atomic E-state index is 0.433. The molecule has 0 atom stereocenters. The highest BCUT2D eigenvalue weighted by atomic mass is 127. The van der Waals surface area contributed by atoms with E-state index < -0.39 is 0 Å². The molecule has 0 fully saturated rings. The minimum Gasteiger partial charge on any atom is -0.446 e. The summed E-state index contributed by atoms with van der Waals surface area (Å²) in [5.74, 6) is 1.08. The zero-order chi connectivity index (χ0) is 10.1. The third-order valence-electron chi connectivity index (χ3n) is 1.49. The van der Waals surface area contributed by atoms with Gasteiger partial charge >= 0.3 is 0 Å². The van der Waals surface area contributed by atoms with E-state index in [1.54, 1.807) is 18.3 Å². The van der Waals surface area contributed by atoms with Crippen molar-refractivity contribution in [1.29, 1.82) is 0 Å². The fourth-order valence-corrected chi connectivity index (χ4v) is 1.59. The molecule has 2 rings (SSSR count). The van der Waals surface area contributed by atoms with Crippen molar-refractivity contribution in [2.75, 3.05) is 0 Å². The maximum atomic E-state index is 5.86. The molecule has 3 nitrogen and oxygen atoms in total. The van der Waals surface area contributed by atoms with E-state index in [0.29, 0.717) is 21.4 Å². The van der Waals surface area contributed by atoms with Crippen molar-refractivity contribution < 1.29 is 4.42 Å². The Kier molecular flexibility index (Phi) is 3.08. The van der Waals surface area contributed by atoms with Crippen molar-refractivity contribution in [1.82, 2.24) is 9.97 Å². The smallest absolute Gasteiger partial charge is 0.197 e. The fourth-order valence-electron chi connectivity index (χ4n) is 0.900. The third-order valence-corrected chi connectivity index (χ3v) is 3.32. The molecule has 0 radical (unpaired) electrons. The van der Waals surface area contributed by atoms with Gasteiger partial charge in [0.05, 0.1) is 3.57 Å². The van der Waals surface area contributed by atoms with Crippen LogP contribution in [0.15, 0.2) is 27.4 Å². The molecule has 72 valence electrons. The average Bonchev–Trinajstić information content (AvgIpc) is 2.57. The van der Waals surface area contributed by atoms with Crippen LogP contribution in [-0.4, -0.2) is 9.97 Å². The Morgan fingerprint density at radius 1 is 1.43 bits per heavy atom. The minimum atomic E-state index is 0.433. The van der Waals surface area contributed by atoms with Crippen LogP contribution >= 0.6 is 50.1 Å². The Hall–Kier alpha value is -0.140. The molecule has 14 heavy (non-hydrogen) atoms. The first-order valence-electron chi connectivity index (χ1n) is 3.60. The van der Waals surface area contributed by atoms with E-state index in [0.717, 1.165) is 3.57 Å². The van der Waals surface area contributed by atoms with Crippen molar-refractivity contribution in [2.24, 2.45) is 0 Å². The zero-order valence-corrected chi connectivity index (χ0v) is 11.2. The highest BCUT2D eigenvalue weighted by Crippen LogP contribution is 2.24. The third kappa shape index (κ3) is 2.09. The first kappa shape index (κ1) is 10.4. The molecule has 0 saturated heterocycles. The van der Waals surface area contributed by atoms with Gasteiger partial charge in [-0.25, -0.2) is 9.97 Å². The molecule has 0 aliphatic carbocycles. The Balaban J connectivity index is 2.47. The summed E-state index contributed by atoms with van der Waals surface area (Å²) in [6.45, 7) is 0. The zero-order valence-electron chi connectivity index (χ0n) is 6.67. The Bertz CT molecular complexity index is 474. The van der Waals surface area contributed by atoms with Gasteiger partial charge in [-0.05, 0) is 50.7 Å². The van der Waals surface area contributed by atoms with Gasteiger partial charge in [-0.15, -0.1) is 0 Å². The molecule has 2 aromatic heterocycles. The van der Waals surface area contributed by atoms with Gasteiger partial charge in [0.2, 0.25) is 0 Å². The molecular weight excluding hydrogens is 382 g/mol. The van der Waals surface area contributed by atoms with E-state index in [1.807, 2.05) is 0 Å². The van der Waals surface area contributed by atoms with Gasteiger partial charge in [0.25, 0.3) is 0 Å². The molecule has 6 heteroatoms. The number of hydrogen-bond acceptors (Lipinski definition) is 3. The van der Waals surface area contributed by atoms with Crippen LogP contribution in [0.1, 0.15) is 0 Å². The van der Waals surface area contributed by atoms with E-state index in [4.69, 9.17) is 16.0 Å². The summed E-state index contributed by atoms with van der Waals surface area (Å²) >= 11 is 11.1. The van der Waals surface area contributed by atoms with Crippen LogP contribution in [0.2, 0.25) is 5.15 Å². The largest absolute Gasteiger partial charge is 0.446 e. The Morgan fingerprint density at radius 2 is 2.21 bits per heavy atom. The molecule has 2 aromatic rings. The van der Waals surface area contributed by atoms with Gasteiger partial charge < -0.3 is 4.42 Å². The van der Waals surface area contributed by atoms with Crippen LogP contribution in [0.4, 0.5) is 0 Å². The Labute approximate surface area is 107 Å². The van der Waals surface area contributed by atoms with Crippen LogP contribution in [0.25, 0.3) is 11.6 Å². The molecule has 0 saturated carbocycles. The molecule has 0 bridgehead atoms. The lowest BCUT2D eigenvalue weighted by atomic mass is 10.4. The summed E-state index contributed by atoms with van der Waals surface area (Å²) in [6.07, 6.45) is 1.65. The number of furan rings is 1. The lowest BCUT2D eigenvalue weighted by Crippen LogP contribution is -1.89. The van der Waals surface area contributed by atoms with Crippen molar-refractivity contribution in [2.45, 2.75) is 0 Å². The topological polar surface area (TPSA) is 38.9 Å². The van der Waals surface area contributed by atoms with Gasteiger partial charge in [-0.3, -0.25) is 0 Å². The van der Waals surface area contributed by atoms with Gasteiger partial charge in [0.1, 0.15) is 5.15 Å². The van der Waals surface area contributed by atoms with Gasteiger partial charge in [0, 0.05) is 6.20 Å². The molecule has 0 aromatic carbocycles. The van der Waals surface area contributed by atoms with Gasteiger partial charge in [0.15, 0.2) is 16.3 Å². The Morgan fingerprint density at radius 3 is 2.79 bits per heavy atom.